The molecule has 0 radical (unpaired) electrons. The number of hydrogen-bond donors (Lipinski definition) is 1. The summed E-state index contributed by atoms with van der Waals surface area (Å²) in [6, 6.07) is 4.75. The number of benzene rings is 1. The highest BCUT2D eigenvalue weighted by Gasteiger charge is 2.27. The first kappa shape index (κ1) is 14.3. The Bertz CT molecular complexity index is 521. The molecule has 0 bridgehead atoms. The number of hydrogen-bond acceptors (Lipinski definition) is 3. The van der Waals surface area contributed by atoms with E-state index in [2.05, 4.69) is 9.80 Å². The molecule has 1 saturated heterocycles. The van der Waals surface area contributed by atoms with Gasteiger partial charge in [0.1, 0.15) is 5.82 Å². The predicted octanol–water partition coefficient (Wildman–Crippen LogP) is 2.59. The van der Waals surface area contributed by atoms with E-state index in [1.165, 1.54) is 31.7 Å². The molecule has 1 N–H and O–H groups in total. The lowest BCUT2D eigenvalue weighted by Gasteiger charge is -2.39. The topological polar surface area (TPSA) is 43.8 Å². The second-order valence-corrected chi connectivity index (χ2v) is 5.93. The molecule has 1 aromatic rings. The second kappa shape index (κ2) is 6.02. The highest BCUT2D eigenvalue weighted by atomic mass is 19.1. The van der Waals surface area contributed by atoms with Gasteiger partial charge in [-0.3, -0.25) is 4.90 Å². The Kier molecular flexibility index (Phi) is 4.10. The SMILES string of the molecule is O=C(O)c1cc(F)ccc1N1CCN(C2CCCC2)CC1. The molecule has 2 fully saturated rings. The van der Waals surface area contributed by atoms with Crippen molar-refractivity contribution >= 4 is 11.7 Å². The summed E-state index contributed by atoms with van der Waals surface area (Å²) >= 11 is 0. The van der Waals surface area contributed by atoms with Crippen LogP contribution in [-0.2, 0) is 0 Å². The van der Waals surface area contributed by atoms with E-state index < -0.39 is 11.8 Å². The Labute approximate surface area is 124 Å². The van der Waals surface area contributed by atoms with Crippen molar-refractivity contribution in [1.29, 1.82) is 0 Å². The lowest BCUT2D eigenvalue weighted by Crippen LogP contribution is -2.50. The van der Waals surface area contributed by atoms with E-state index in [1.807, 2.05) is 0 Å². The monoisotopic (exact) mass is 292 g/mol. The molecule has 0 atom stereocenters. The Morgan fingerprint density at radius 2 is 1.81 bits per heavy atom. The van der Waals surface area contributed by atoms with Crippen LogP contribution in [0.1, 0.15) is 36.0 Å². The van der Waals surface area contributed by atoms with Crippen LogP contribution in [0.3, 0.4) is 0 Å². The van der Waals surface area contributed by atoms with Crippen LogP contribution in [0.15, 0.2) is 18.2 Å². The van der Waals surface area contributed by atoms with E-state index in [1.54, 1.807) is 6.07 Å². The molecule has 2 aliphatic rings. The number of carbonyl (C=O) groups is 1. The van der Waals surface area contributed by atoms with Crippen molar-refractivity contribution in [1.82, 2.24) is 4.90 Å². The molecule has 0 unspecified atom stereocenters. The maximum absolute atomic E-state index is 13.3. The summed E-state index contributed by atoms with van der Waals surface area (Å²) in [5, 5.41) is 9.24. The van der Waals surface area contributed by atoms with E-state index in [9.17, 15) is 14.3 Å². The highest BCUT2D eigenvalue weighted by molar-refractivity contribution is 5.94. The fourth-order valence-corrected chi connectivity index (χ4v) is 3.55. The molecule has 1 aromatic carbocycles. The van der Waals surface area contributed by atoms with Crippen LogP contribution in [0.2, 0.25) is 0 Å². The quantitative estimate of drug-likeness (QED) is 0.930. The fourth-order valence-electron chi connectivity index (χ4n) is 3.55. The third-order valence-corrected chi connectivity index (χ3v) is 4.69. The van der Waals surface area contributed by atoms with Crippen molar-refractivity contribution in [2.24, 2.45) is 0 Å². The summed E-state index contributed by atoms with van der Waals surface area (Å²) in [6.07, 6.45) is 5.23. The normalized spacial score (nSPS) is 20.9. The fraction of sp³-hybridized carbons (Fsp3) is 0.562. The smallest absolute Gasteiger partial charge is 0.337 e. The van der Waals surface area contributed by atoms with Gasteiger partial charge in [0.25, 0.3) is 0 Å². The lowest BCUT2D eigenvalue weighted by molar-refractivity contribution is 0.0696. The molecule has 1 aliphatic carbocycles. The summed E-state index contributed by atoms with van der Waals surface area (Å²) in [5.74, 6) is -1.57. The lowest BCUT2D eigenvalue weighted by atomic mass is 10.1. The number of rotatable bonds is 3. The Balaban J connectivity index is 1.70. The Hall–Kier alpha value is -1.62. The van der Waals surface area contributed by atoms with Crippen molar-refractivity contribution in [3.8, 4) is 0 Å². The van der Waals surface area contributed by atoms with Gasteiger partial charge in [-0.05, 0) is 31.0 Å². The van der Waals surface area contributed by atoms with Crippen LogP contribution in [-0.4, -0.2) is 48.2 Å². The van der Waals surface area contributed by atoms with Crippen LogP contribution in [0.25, 0.3) is 0 Å². The average Bonchev–Trinajstić information content (AvgIpc) is 3.01. The van der Waals surface area contributed by atoms with Crippen LogP contribution < -0.4 is 4.90 Å². The number of piperazine rings is 1. The van der Waals surface area contributed by atoms with Crippen molar-refractivity contribution in [3.05, 3.63) is 29.6 Å². The summed E-state index contributed by atoms with van der Waals surface area (Å²) in [6.45, 7) is 3.53. The first-order valence-corrected chi connectivity index (χ1v) is 7.67. The first-order valence-electron chi connectivity index (χ1n) is 7.67. The number of nitrogens with zero attached hydrogens (tertiary/aromatic N) is 2. The Morgan fingerprint density at radius 3 is 2.43 bits per heavy atom. The van der Waals surface area contributed by atoms with Crippen LogP contribution in [0.4, 0.5) is 10.1 Å². The van der Waals surface area contributed by atoms with Crippen LogP contribution in [0.5, 0.6) is 0 Å². The van der Waals surface area contributed by atoms with Gasteiger partial charge in [0, 0.05) is 32.2 Å². The molecule has 4 nitrogen and oxygen atoms in total. The summed E-state index contributed by atoms with van der Waals surface area (Å²) < 4.78 is 13.3. The van der Waals surface area contributed by atoms with Crippen LogP contribution >= 0.6 is 0 Å². The third kappa shape index (κ3) is 3.02. The molecule has 1 saturated carbocycles. The zero-order valence-corrected chi connectivity index (χ0v) is 12.1. The van der Waals surface area contributed by atoms with E-state index in [0.717, 1.165) is 32.2 Å². The number of carboxylic acids is 1. The molecule has 0 aromatic heterocycles. The minimum atomic E-state index is -1.07. The molecule has 0 spiro atoms. The van der Waals surface area contributed by atoms with Gasteiger partial charge in [0.15, 0.2) is 0 Å². The van der Waals surface area contributed by atoms with Crippen molar-refractivity contribution in [3.63, 3.8) is 0 Å². The summed E-state index contributed by atoms with van der Waals surface area (Å²) in [7, 11) is 0. The van der Waals surface area contributed by atoms with Gasteiger partial charge in [0.05, 0.1) is 11.3 Å². The van der Waals surface area contributed by atoms with Crippen LogP contribution in [0, 0.1) is 5.82 Å². The predicted molar refractivity (Wildman–Crippen MR) is 79.4 cm³/mol. The van der Waals surface area contributed by atoms with Gasteiger partial charge in [-0.15, -0.1) is 0 Å². The van der Waals surface area contributed by atoms with E-state index in [4.69, 9.17) is 0 Å². The largest absolute Gasteiger partial charge is 0.478 e. The molecular formula is C16H21FN2O2. The van der Waals surface area contributed by atoms with Gasteiger partial charge < -0.3 is 10.0 Å². The third-order valence-electron chi connectivity index (χ3n) is 4.69. The first-order chi connectivity index (χ1) is 10.1. The molecule has 0 amide bonds. The molecular weight excluding hydrogens is 271 g/mol. The summed E-state index contributed by atoms with van der Waals surface area (Å²) in [5.41, 5.74) is 0.694. The zero-order chi connectivity index (χ0) is 14.8. The number of anilines is 1. The van der Waals surface area contributed by atoms with E-state index in [0.29, 0.717) is 11.7 Å². The van der Waals surface area contributed by atoms with Gasteiger partial charge in [-0.2, -0.15) is 0 Å². The van der Waals surface area contributed by atoms with Crippen molar-refractivity contribution in [2.75, 3.05) is 31.1 Å². The van der Waals surface area contributed by atoms with Gasteiger partial charge >= 0.3 is 5.97 Å². The number of aromatic carboxylic acids is 1. The maximum Gasteiger partial charge on any atom is 0.337 e. The van der Waals surface area contributed by atoms with Gasteiger partial charge in [-0.1, -0.05) is 12.8 Å². The van der Waals surface area contributed by atoms with Gasteiger partial charge in [-0.25, -0.2) is 9.18 Å². The molecule has 114 valence electrons. The molecule has 1 heterocycles. The maximum atomic E-state index is 13.3. The van der Waals surface area contributed by atoms with Crippen molar-refractivity contribution < 1.29 is 14.3 Å². The highest BCUT2D eigenvalue weighted by Crippen LogP contribution is 2.27. The summed E-state index contributed by atoms with van der Waals surface area (Å²) in [4.78, 5) is 15.9. The molecule has 1 aliphatic heterocycles. The second-order valence-electron chi connectivity index (χ2n) is 5.93. The molecule has 3 rings (SSSR count). The number of halogens is 1. The number of carboxylic acid groups (broad SMARTS) is 1. The molecule has 21 heavy (non-hydrogen) atoms. The Morgan fingerprint density at radius 1 is 1.14 bits per heavy atom. The van der Waals surface area contributed by atoms with Gasteiger partial charge in [0.2, 0.25) is 0 Å². The standard InChI is InChI=1S/C16H21FN2O2/c17-12-5-6-15(14(11-12)16(20)21)19-9-7-18(8-10-19)13-3-1-2-4-13/h5-6,11,13H,1-4,7-10H2,(H,20,21). The minimum absolute atomic E-state index is 0.0596. The molecule has 5 heteroatoms. The zero-order valence-electron chi connectivity index (χ0n) is 12.1. The van der Waals surface area contributed by atoms with E-state index in [-0.39, 0.29) is 5.56 Å². The van der Waals surface area contributed by atoms with E-state index >= 15 is 0 Å². The average molecular weight is 292 g/mol. The van der Waals surface area contributed by atoms with Crippen molar-refractivity contribution in [2.45, 2.75) is 31.7 Å². The minimum Gasteiger partial charge on any atom is -0.478 e.